The molecular weight excluding hydrogens is 514 g/mol. The molecule has 1 aliphatic heterocycles. The minimum absolute atomic E-state index is 0.383. The Morgan fingerprint density at radius 3 is 2.66 bits per heavy atom. The Labute approximate surface area is 243 Å². The Balaban J connectivity index is 0.000000196. The quantitative estimate of drug-likeness (QED) is 0.159. The maximum atomic E-state index is 10.5. The third-order valence-corrected chi connectivity index (χ3v) is 7.55. The number of methoxy groups -OCH3 is 1. The molecule has 1 unspecified atom stereocenters. The zero-order valence-electron chi connectivity index (χ0n) is 24.7. The first kappa shape index (κ1) is 30.1. The number of pyridine rings is 1. The van der Waals surface area contributed by atoms with E-state index in [1.165, 1.54) is 49.4 Å². The van der Waals surface area contributed by atoms with Crippen LogP contribution in [0.4, 0.5) is 5.69 Å². The standard InChI is InChI=1S/C20H22N2O2.C12H16N2O.CH5N/c1-13-11-24-20-18(13)10-17(7-8-21-12-23)22-19(20)16-6-5-14-3-2-4-15(14)9-16;1-8-5-9(7-14-10-3-4-10)12(13)11(6-8)15-2;1-2/h5-6,9-10,12-13H,2-4,7-8,11H2,1H3,(H,21,23);5-7,10H,3-4,13H2,1-2H3;2H2,1H3. The largest absolute Gasteiger partial charge is 0.495 e. The van der Waals surface area contributed by atoms with Crippen LogP contribution < -0.4 is 26.3 Å². The van der Waals surface area contributed by atoms with Gasteiger partial charge in [-0.3, -0.25) is 9.79 Å². The Hall–Kier alpha value is -3.91. The van der Waals surface area contributed by atoms with Crippen molar-refractivity contribution in [2.45, 2.75) is 64.3 Å². The van der Waals surface area contributed by atoms with Crippen molar-refractivity contribution in [2.24, 2.45) is 10.7 Å². The number of benzene rings is 2. The number of rotatable bonds is 8. The van der Waals surface area contributed by atoms with Crippen molar-refractivity contribution < 1.29 is 14.3 Å². The number of nitrogens with zero attached hydrogens (tertiary/aromatic N) is 2. The molecule has 1 fully saturated rings. The van der Waals surface area contributed by atoms with E-state index < -0.39 is 0 Å². The smallest absolute Gasteiger partial charge is 0.207 e. The molecule has 1 saturated carbocycles. The first-order valence-corrected chi connectivity index (χ1v) is 14.5. The van der Waals surface area contributed by atoms with Gasteiger partial charge in [-0.05, 0) is 87.0 Å². The molecule has 0 saturated heterocycles. The molecule has 3 aliphatic rings. The SMILES string of the molecule is CC1COc2c1cc(CCNC=O)nc2-c1ccc2c(c1)CCC2.CN.COc1cc(C)cc(C=NC2CC2)c1N. The van der Waals surface area contributed by atoms with Gasteiger partial charge in [0.05, 0.1) is 25.4 Å². The van der Waals surface area contributed by atoms with E-state index in [-0.39, 0.29) is 0 Å². The van der Waals surface area contributed by atoms with Gasteiger partial charge in [0.15, 0.2) is 0 Å². The van der Waals surface area contributed by atoms with Gasteiger partial charge in [0, 0.05) is 47.5 Å². The van der Waals surface area contributed by atoms with Crippen LogP contribution in [-0.4, -0.2) is 51.0 Å². The predicted molar refractivity (Wildman–Crippen MR) is 166 cm³/mol. The zero-order chi connectivity index (χ0) is 29.4. The number of fused-ring (bicyclic) bond motifs is 2. The van der Waals surface area contributed by atoms with E-state index in [9.17, 15) is 4.79 Å². The molecule has 1 atom stereocenters. The third kappa shape index (κ3) is 7.44. The van der Waals surface area contributed by atoms with Crippen LogP contribution >= 0.6 is 0 Å². The minimum atomic E-state index is 0.383. The molecule has 8 heteroatoms. The molecule has 5 N–H and O–H groups in total. The first-order valence-electron chi connectivity index (χ1n) is 14.5. The van der Waals surface area contributed by atoms with Gasteiger partial charge < -0.3 is 26.3 Å². The van der Waals surface area contributed by atoms with Gasteiger partial charge in [-0.1, -0.05) is 19.1 Å². The summed E-state index contributed by atoms with van der Waals surface area (Å²) in [5, 5.41) is 2.72. The number of aromatic nitrogens is 1. The maximum absolute atomic E-state index is 10.5. The summed E-state index contributed by atoms with van der Waals surface area (Å²) < 4.78 is 11.2. The van der Waals surface area contributed by atoms with Crippen LogP contribution in [0.1, 0.15) is 65.6 Å². The highest BCUT2D eigenvalue weighted by Crippen LogP contribution is 2.42. The van der Waals surface area contributed by atoms with Crippen molar-refractivity contribution in [3.05, 3.63) is 69.9 Å². The second-order valence-electron chi connectivity index (χ2n) is 10.7. The lowest BCUT2D eigenvalue weighted by Gasteiger charge is -2.12. The highest BCUT2D eigenvalue weighted by atomic mass is 16.5. The van der Waals surface area contributed by atoms with Crippen LogP contribution in [0.15, 0.2) is 41.4 Å². The van der Waals surface area contributed by atoms with E-state index in [0.717, 1.165) is 58.8 Å². The fourth-order valence-corrected chi connectivity index (χ4v) is 5.20. The molecule has 2 aromatic carbocycles. The number of aryl methyl sites for hydroxylation is 3. The van der Waals surface area contributed by atoms with E-state index >= 15 is 0 Å². The molecule has 0 radical (unpaired) electrons. The average Bonchev–Trinajstić information content (AvgIpc) is 3.58. The fraction of sp³-hybridized carbons (Fsp3) is 0.424. The number of hydrogen-bond acceptors (Lipinski definition) is 7. The second kappa shape index (κ2) is 14.1. The summed E-state index contributed by atoms with van der Waals surface area (Å²) in [5.74, 6) is 2.05. The molecule has 1 aromatic heterocycles. The van der Waals surface area contributed by atoms with Crippen molar-refractivity contribution in [2.75, 3.05) is 33.0 Å². The molecule has 2 aliphatic carbocycles. The number of amides is 1. The number of hydrogen-bond donors (Lipinski definition) is 3. The lowest BCUT2D eigenvalue weighted by Crippen LogP contribution is -2.15. The molecule has 6 rings (SSSR count). The number of aliphatic imine (C=N–C) groups is 1. The number of nitrogens with one attached hydrogen (secondary N) is 1. The number of carbonyl (C=O) groups is 1. The normalized spacial score (nSPS) is 16.5. The number of anilines is 1. The monoisotopic (exact) mass is 557 g/mol. The Bertz CT molecular complexity index is 1380. The summed E-state index contributed by atoms with van der Waals surface area (Å²) >= 11 is 0. The second-order valence-corrected chi connectivity index (χ2v) is 10.7. The van der Waals surface area contributed by atoms with Gasteiger partial charge >= 0.3 is 0 Å². The summed E-state index contributed by atoms with van der Waals surface area (Å²) in [4.78, 5) is 19.8. The molecule has 1 amide bonds. The number of nitrogens with two attached hydrogens (primary N) is 2. The van der Waals surface area contributed by atoms with E-state index in [4.69, 9.17) is 20.2 Å². The van der Waals surface area contributed by atoms with Crippen molar-refractivity contribution in [1.82, 2.24) is 10.3 Å². The molecular formula is C33H43N5O3. The molecule has 218 valence electrons. The minimum Gasteiger partial charge on any atom is -0.495 e. The van der Waals surface area contributed by atoms with Gasteiger partial charge in [-0.2, -0.15) is 0 Å². The number of ether oxygens (including phenoxy) is 2. The van der Waals surface area contributed by atoms with Gasteiger partial charge in [0.25, 0.3) is 0 Å². The van der Waals surface area contributed by atoms with Crippen molar-refractivity contribution >= 4 is 18.3 Å². The van der Waals surface area contributed by atoms with Crippen LogP contribution in [0.25, 0.3) is 11.3 Å². The maximum Gasteiger partial charge on any atom is 0.207 e. The number of carbonyl (C=O) groups excluding carboxylic acids is 1. The highest BCUT2D eigenvalue weighted by Gasteiger charge is 2.26. The van der Waals surface area contributed by atoms with Gasteiger partial charge in [-0.15, -0.1) is 0 Å². The van der Waals surface area contributed by atoms with Crippen LogP contribution in [0.3, 0.4) is 0 Å². The predicted octanol–water partition coefficient (Wildman–Crippen LogP) is 4.76. The van der Waals surface area contributed by atoms with Gasteiger partial charge in [0.2, 0.25) is 6.41 Å². The lowest BCUT2D eigenvalue weighted by atomic mass is 9.98. The summed E-state index contributed by atoms with van der Waals surface area (Å²) in [5.41, 5.74) is 20.5. The molecule has 2 heterocycles. The van der Waals surface area contributed by atoms with Crippen molar-refractivity contribution in [3.8, 4) is 22.8 Å². The molecule has 0 bridgehead atoms. The zero-order valence-corrected chi connectivity index (χ0v) is 24.7. The Morgan fingerprint density at radius 2 is 1.93 bits per heavy atom. The number of nitrogen functional groups attached to an aromatic ring is 1. The molecule has 8 nitrogen and oxygen atoms in total. The highest BCUT2D eigenvalue weighted by molar-refractivity contribution is 5.89. The third-order valence-electron chi connectivity index (χ3n) is 7.55. The average molecular weight is 558 g/mol. The first-order chi connectivity index (χ1) is 20.0. The van der Waals surface area contributed by atoms with E-state index in [2.05, 4.69) is 47.2 Å². The van der Waals surface area contributed by atoms with E-state index in [0.29, 0.717) is 30.8 Å². The summed E-state index contributed by atoms with van der Waals surface area (Å²) in [6.07, 6.45) is 9.34. The molecule has 0 spiro atoms. The summed E-state index contributed by atoms with van der Waals surface area (Å²) in [6, 6.07) is 13.3. The van der Waals surface area contributed by atoms with Crippen molar-refractivity contribution in [3.63, 3.8) is 0 Å². The van der Waals surface area contributed by atoms with Crippen LogP contribution in [0.2, 0.25) is 0 Å². The van der Waals surface area contributed by atoms with Crippen LogP contribution in [0, 0.1) is 6.92 Å². The lowest BCUT2D eigenvalue weighted by molar-refractivity contribution is -0.109. The Kier molecular flexibility index (Phi) is 10.4. The molecule has 3 aromatic rings. The van der Waals surface area contributed by atoms with Crippen molar-refractivity contribution in [1.29, 1.82) is 0 Å². The van der Waals surface area contributed by atoms with E-state index in [1.54, 1.807) is 7.11 Å². The van der Waals surface area contributed by atoms with Crippen LogP contribution in [0.5, 0.6) is 11.5 Å². The summed E-state index contributed by atoms with van der Waals surface area (Å²) in [7, 11) is 3.13. The van der Waals surface area contributed by atoms with Crippen LogP contribution in [-0.2, 0) is 24.1 Å². The summed E-state index contributed by atoms with van der Waals surface area (Å²) in [6.45, 7) is 5.53. The van der Waals surface area contributed by atoms with Gasteiger partial charge in [0.1, 0.15) is 17.2 Å². The fourth-order valence-electron chi connectivity index (χ4n) is 5.20. The van der Waals surface area contributed by atoms with E-state index in [1.807, 2.05) is 25.3 Å². The molecule has 41 heavy (non-hydrogen) atoms. The topological polar surface area (TPSA) is 125 Å². The van der Waals surface area contributed by atoms with Gasteiger partial charge in [-0.25, -0.2) is 4.98 Å². The Morgan fingerprint density at radius 1 is 1.15 bits per heavy atom.